The monoisotopic (exact) mass is 490 g/mol. The fraction of sp³-hybridized carbons (Fsp3) is 0.741. The quantitative estimate of drug-likeness (QED) is 0.242. The Labute approximate surface area is 209 Å². The molecule has 3 aliphatic heterocycles. The summed E-state index contributed by atoms with van der Waals surface area (Å²) in [5.74, 6) is -2.29. The van der Waals surface area contributed by atoms with Crippen molar-refractivity contribution in [2.75, 3.05) is 19.8 Å². The third kappa shape index (κ3) is 4.92. The van der Waals surface area contributed by atoms with Crippen LogP contribution in [0.5, 0.6) is 0 Å². The van der Waals surface area contributed by atoms with Gasteiger partial charge in [0.25, 0.3) is 0 Å². The highest BCUT2D eigenvalue weighted by Crippen LogP contribution is 2.59. The molecule has 196 valence electrons. The molecule has 2 unspecified atom stereocenters. The number of hydrogen-bond donors (Lipinski definition) is 1. The number of likely N-dealkylation sites (tertiary alicyclic amines) is 1. The first-order valence-corrected chi connectivity index (χ1v) is 12.9. The summed E-state index contributed by atoms with van der Waals surface area (Å²) in [6.45, 7) is 15.7. The molecule has 3 fully saturated rings. The lowest BCUT2D eigenvalue weighted by molar-refractivity contribution is -0.157. The Morgan fingerprint density at radius 1 is 1.29 bits per heavy atom. The van der Waals surface area contributed by atoms with Crippen LogP contribution in [-0.4, -0.2) is 82.3 Å². The van der Waals surface area contributed by atoms with Crippen LogP contribution in [0.15, 0.2) is 25.3 Å². The second-order valence-corrected chi connectivity index (χ2v) is 10.7. The van der Waals surface area contributed by atoms with E-state index in [-0.39, 0.29) is 37.0 Å². The summed E-state index contributed by atoms with van der Waals surface area (Å²) in [5.41, 5.74) is -1.09. The smallest absolute Gasteiger partial charge is 0.312 e. The number of nitrogens with zero attached hydrogens (tertiary/aromatic N) is 2. The SMILES string of the molecule is C=CCCCOC(=O)[C@@H]1[C@H]2C(=O)N([C@@H](CO)CC(C)C)C(C(=O)N(CC=C)C(C)C)C23CC[C@H]1O3. The zero-order chi connectivity index (χ0) is 25.9. The molecule has 35 heavy (non-hydrogen) atoms. The Balaban J connectivity index is 2.01. The highest BCUT2D eigenvalue weighted by atomic mass is 16.6. The van der Waals surface area contributed by atoms with E-state index in [0.29, 0.717) is 32.2 Å². The summed E-state index contributed by atoms with van der Waals surface area (Å²) in [6, 6.07) is -1.56. The summed E-state index contributed by atoms with van der Waals surface area (Å²) in [5, 5.41) is 10.3. The molecule has 3 rings (SSSR count). The Morgan fingerprint density at radius 2 is 2.00 bits per heavy atom. The highest BCUT2D eigenvalue weighted by Gasteiger charge is 2.75. The van der Waals surface area contributed by atoms with E-state index >= 15 is 0 Å². The number of unbranched alkanes of at least 4 members (excludes halogenated alkanes) is 1. The van der Waals surface area contributed by atoms with E-state index in [2.05, 4.69) is 13.2 Å². The number of esters is 1. The molecule has 8 heteroatoms. The number of allylic oxidation sites excluding steroid dienone is 1. The number of amides is 2. The molecule has 2 amide bonds. The lowest BCUT2D eigenvalue weighted by Gasteiger charge is -2.40. The summed E-state index contributed by atoms with van der Waals surface area (Å²) in [4.78, 5) is 44.5. The Hall–Kier alpha value is -2.19. The number of hydrogen-bond acceptors (Lipinski definition) is 6. The summed E-state index contributed by atoms with van der Waals surface area (Å²) in [6.07, 6.45) is 6.03. The minimum atomic E-state index is -1.09. The first-order chi connectivity index (χ1) is 16.6. The van der Waals surface area contributed by atoms with E-state index < -0.39 is 41.6 Å². The van der Waals surface area contributed by atoms with Crippen molar-refractivity contribution in [3.8, 4) is 0 Å². The van der Waals surface area contributed by atoms with Gasteiger partial charge in [-0.1, -0.05) is 26.0 Å². The molecule has 0 aromatic carbocycles. The predicted octanol–water partition coefficient (Wildman–Crippen LogP) is 2.70. The van der Waals surface area contributed by atoms with Crippen molar-refractivity contribution in [1.29, 1.82) is 0 Å². The third-order valence-electron chi connectivity index (χ3n) is 7.62. The molecule has 0 saturated carbocycles. The van der Waals surface area contributed by atoms with Crippen molar-refractivity contribution in [3.63, 3.8) is 0 Å². The minimum absolute atomic E-state index is 0.116. The van der Waals surface area contributed by atoms with Crippen molar-refractivity contribution in [3.05, 3.63) is 25.3 Å². The van der Waals surface area contributed by atoms with Crippen LogP contribution in [0, 0.1) is 17.8 Å². The standard InChI is InChI=1S/C27H42N2O6/c1-7-9-10-14-34-26(33)21-20-11-12-27(35-20)22(21)24(31)29(19(16-30)15-17(3)4)23(27)25(32)28(13-8-2)18(5)6/h7-8,17-23,30H,1-2,9-16H2,3-6H3/t19-,20-,21+,22+,23?,27?/m1/s1. The van der Waals surface area contributed by atoms with Gasteiger partial charge in [-0.05, 0) is 51.9 Å². The lowest BCUT2D eigenvalue weighted by atomic mass is 9.70. The third-order valence-corrected chi connectivity index (χ3v) is 7.62. The molecule has 3 heterocycles. The molecule has 0 radical (unpaired) electrons. The largest absolute Gasteiger partial charge is 0.465 e. The van der Waals surface area contributed by atoms with Gasteiger partial charge in [-0.2, -0.15) is 0 Å². The van der Waals surface area contributed by atoms with Crippen molar-refractivity contribution < 1.29 is 29.0 Å². The number of rotatable bonds is 13. The second kappa shape index (κ2) is 11.2. The summed E-state index contributed by atoms with van der Waals surface area (Å²) < 4.78 is 12.0. The van der Waals surface area contributed by atoms with Crippen LogP contribution in [0.25, 0.3) is 0 Å². The molecule has 6 atom stereocenters. The van der Waals surface area contributed by atoms with E-state index in [1.54, 1.807) is 22.0 Å². The average molecular weight is 491 g/mol. The molecule has 3 saturated heterocycles. The van der Waals surface area contributed by atoms with Gasteiger partial charge >= 0.3 is 5.97 Å². The van der Waals surface area contributed by atoms with E-state index in [9.17, 15) is 19.5 Å². The van der Waals surface area contributed by atoms with E-state index in [0.717, 1.165) is 6.42 Å². The van der Waals surface area contributed by atoms with Gasteiger partial charge in [0.05, 0.1) is 37.2 Å². The van der Waals surface area contributed by atoms with Gasteiger partial charge in [0.2, 0.25) is 11.8 Å². The second-order valence-electron chi connectivity index (χ2n) is 10.7. The zero-order valence-electron chi connectivity index (χ0n) is 21.7. The van der Waals surface area contributed by atoms with E-state index in [4.69, 9.17) is 9.47 Å². The van der Waals surface area contributed by atoms with Crippen molar-refractivity contribution in [2.45, 2.75) is 89.6 Å². The number of aliphatic hydroxyl groups excluding tert-OH is 1. The molecule has 2 bridgehead atoms. The summed E-state index contributed by atoms with van der Waals surface area (Å²) in [7, 11) is 0. The molecule has 8 nitrogen and oxygen atoms in total. The van der Waals surface area contributed by atoms with Gasteiger partial charge < -0.3 is 24.4 Å². The van der Waals surface area contributed by atoms with E-state index in [1.807, 2.05) is 27.7 Å². The fourth-order valence-electron chi connectivity index (χ4n) is 6.20. The fourth-order valence-corrected chi connectivity index (χ4v) is 6.20. The van der Waals surface area contributed by atoms with Gasteiger partial charge in [0.15, 0.2) is 0 Å². The van der Waals surface area contributed by atoms with Gasteiger partial charge in [-0.15, -0.1) is 13.2 Å². The topological polar surface area (TPSA) is 96.4 Å². The van der Waals surface area contributed by atoms with Gasteiger partial charge in [0, 0.05) is 12.6 Å². The van der Waals surface area contributed by atoms with Crippen LogP contribution in [0.4, 0.5) is 0 Å². The predicted molar refractivity (Wildman–Crippen MR) is 132 cm³/mol. The normalized spacial score (nSPS) is 30.0. The van der Waals surface area contributed by atoms with Gasteiger partial charge in [-0.3, -0.25) is 14.4 Å². The Bertz CT molecular complexity index is 826. The molecular weight excluding hydrogens is 448 g/mol. The number of aliphatic hydroxyl groups is 1. The number of fused-ring (bicyclic) bond motifs is 1. The number of carbonyl (C=O) groups is 3. The van der Waals surface area contributed by atoms with Gasteiger partial charge in [0.1, 0.15) is 11.6 Å². The van der Waals surface area contributed by atoms with Crippen LogP contribution in [-0.2, 0) is 23.9 Å². The summed E-state index contributed by atoms with van der Waals surface area (Å²) >= 11 is 0. The van der Waals surface area contributed by atoms with E-state index in [1.165, 1.54) is 0 Å². The maximum atomic E-state index is 14.1. The van der Waals surface area contributed by atoms with Gasteiger partial charge in [-0.25, -0.2) is 0 Å². The highest BCUT2D eigenvalue weighted by molar-refractivity contribution is 5.98. The van der Waals surface area contributed by atoms with Crippen LogP contribution >= 0.6 is 0 Å². The minimum Gasteiger partial charge on any atom is -0.465 e. The first-order valence-electron chi connectivity index (χ1n) is 12.9. The maximum Gasteiger partial charge on any atom is 0.312 e. The molecule has 1 spiro atoms. The van der Waals surface area contributed by atoms with Crippen molar-refractivity contribution in [2.24, 2.45) is 17.8 Å². The molecule has 0 aliphatic carbocycles. The molecular formula is C27H42N2O6. The van der Waals surface area contributed by atoms with Crippen molar-refractivity contribution >= 4 is 17.8 Å². The van der Waals surface area contributed by atoms with Crippen LogP contribution in [0.2, 0.25) is 0 Å². The maximum absolute atomic E-state index is 14.1. The Morgan fingerprint density at radius 3 is 2.57 bits per heavy atom. The van der Waals surface area contributed by atoms with Crippen LogP contribution in [0.3, 0.4) is 0 Å². The van der Waals surface area contributed by atoms with Crippen LogP contribution < -0.4 is 0 Å². The molecule has 0 aromatic rings. The Kier molecular flexibility index (Phi) is 8.81. The molecule has 1 N–H and O–H groups in total. The molecule has 3 aliphatic rings. The first kappa shape index (κ1) is 27.4. The average Bonchev–Trinajstić information content (AvgIpc) is 3.45. The molecule has 0 aromatic heterocycles. The zero-order valence-corrected chi connectivity index (χ0v) is 21.7. The lowest BCUT2D eigenvalue weighted by Crippen LogP contribution is -2.59. The van der Waals surface area contributed by atoms with Crippen molar-refractivity contribution in [1.82, 2.24) is 9.80 Å². The van der Waals surface area contributed by atoms with Crippen LogP contribution in [0.1, 0.15) is 59.8 Å². The number of carbonyl (C=O) groups excluding carboxylic acids is 3. The number of ether oxygens (including phenoxy) is 2.